The molecular formula is C15H20O2. The number of rotatable bonds is 5. The van der Waals surface area contributed by atoms with Crippen LogP contribution in [-0.2, 0) is 0 Å². The van der Waals surface area contributed by atoms with Crippen LogP contribution in [0.5, 0.6) is 5.75 Å². The summed E-state index contributed by atoms with van der Waals surface area (Å²) in [4.78, 5) is 0. The molecule has 1 N–H and O–H groups in total. The van der Waals surface area contributed by atoms with Gasteiger partial charge in [0.2, 0.25) is 0 Å². The first-order valence-corrected chi connectivity index (χ1v) is 5.97. The summed E-state index contributed by atoms with van der Waals surface area (Å²) in [5.74, 6) is 6.61. The van der Waals surface area contributed by atoms with Gasteiger partial charge in [0.15, 0.2) is 0 Å². The molecule has 1 rings (SSSR count). The molecule has 0 aliphatic heterocycles. The zero-order valence-electron chi connectivity index (χ0n) is 10.7. The van der Waals surface area contributed by atoms with Crippen LogP contribution < -0.4 is 4.74 Å². The van der Waals surface area contributed by atoms with Gasteiger partial charge in [0.25, 0.3) is 0 Å². The lowest BCUT2D eigenvalue weighted by atomic mass is 10.1. The lowest BCUT2D eigenvalue weighted by Gasteiger charge is -2.12. The molecule has 0 heterocycles. The number of hydrogen-bond acceptors (Lipinski definition) is 2. The molecule has 1 atom stereocenters. The van der Waals surface area contributed by atoms with E-state index in [1.807, 2.05) is 45.0 Å². The van der Waals surface area contributed by atoms with Crippen LogP contribution in [0.3, 0.4) is 0 Å². The van der Waals surface area contributed by atoms with Crippen molar-refractivity contribution < 1.29 is 9.84 Å². The number of aliphatic hydroxyl groups excluding tert-OH is 1. The molecule has 0 saturated heterocycles. The minimum absolute atomic E-state index is 0.172. The van der Waals surface area contributed by atoms with Crippen molar-refractivity contribution in [2.45, 2.75) is 45.8 Å². The predicted octanol–water partition coefficient (Wildman–Crippen LogP) is 3.31. The van der Waals surface area contributed by atoms with Gasteiger partial charge >= 0.3 is 0 Å². The van der Waals surface area contributed by atoms with Crippen LogP contribution >= 0.6 is 0 Å². The molecule has 0 aliphatic carbocycles. The van der Waals surface area contributed by atoms with E-state index in [0.29, 0.717) is 6.42 Å². The van der Waals surface area contributed by atoms with Crippen LogP contribution in [0.25, 0.3) is 0 Å². The van der Waals surface area contributed by atoms with E-state index in [4.69, 9.17) is 4.74 Å². The Labute approximate surface area is 104 Å². The first kappa shape index (κ1) is 13.6. The van der Waals surface area contributed by atoms with Crippen molar-refractivity contribution in [3.8, 4) is 17.6 Å². The molecule has 2 heteroatoms. The molecule has 0 fully saturated rings. The molecule has 0 amide bonds. The summed E-state index contributed by atoms with van der Waals surface area (Å²) in [5, 5.41) is 9.91. The third kappa shape index (κ3) is 4.93. The number of benzene rings is 1. The highest BCUT2D eigenvalue weighted by Gasteiger charge is 2.06. The van der Waals surface area contributed by atoms with E-state index in [9.17, 15) is 5.11 Å². The molecule has 2 nitrogen and oxygen atoms in total. The van der Waals surface area contributed by atoms with E-state index in [0.717, 1.165) is 17.7 Å². The van der Waals surface area contributed by atoms with Gasteiger partial charge in [-0.15, -0.1) is 11.8 Å². The Hall–Kier alpha value is -1.46. The summed E-state index contributed by atoms with van der Waals surface area (Å²) in [6.45, 7) is 5.79. The van der Waals surface area contributed by atoms with Gasteiger partial charge in [-0.3, -0.25) is 0 Å². The summed E-state index contributed by atoms with van der Waals surface area (Å²) in [6.07, 6.45) is 1.13. The molecule has 92 valence electrons. The number of hydrogen-bond donors (Lipinski definition) is 1. The summed E-state index contributed by atoms with van der Waals surface area (Å²) in [7, 11) is 0. The fourth-order valence-corrected chi connectivity index (χ4v) is 1.54. The molecule has 1 aromatic carbocycles. The Morgan fingerprint density at radius 1 is 1.24 bits per heavy atom. The Kier molecular flexibility index (Phi) is 5.59. The van der Waals surface area contributed by atoms with E-state index in [-0.39, 0.29) is 6.10 Å². The van der Waals surface area contributed by atoms with Gasteiger partial charge in [-0.25, -0.2) is 0 Å². The van der Waals surface area contributed by atoms with Crippen LogP contribution in [0.15, 0.2) is 24.3 Å². The van der Waals surface area contributed by atoms with Crippen molar-refractivity contribution in [2.75, 3.05) is 0 Å². The van der Waals surface area contributed by atoms with Crippen LogP contribution in [0, 0.1) is 11.8 Å². The van der Waals surface area contributed by atoms with Gasteiger partial charge in [-0.1, -0.05) is 12.1 Å². The van der Waals surface area contributed by atoms with Crippen LogP contribution in [-0.4, -0.2) is 11.2 Å². The minimum atomic E-state index is -0.441. The monoisotopic (exact) mass is 232 g/mol. The summed E-state index contributed by atoms with van der Waals surface area (Å²) >= 11 is 0. The first-order chi connectivity index (χ1) is 8.13. The number of aliphatic hydroxyl groups is 1. The van der Waals surface area contributed by atoms with Gasteiger partial charge in [0.1, 0.15) is 5.75 Å². The lowest BCUT2D eigenvalue weighted by Crippen LogP contribution is -2.05. The molecule has 0 aliphatic rings. The molecule has 1 aromatic rings. The molecule has 1 unspecified atom stereocenters. The molecule has 0 aromatic heterocycles. The highest BCUT2D eigenvalue weighted by molar-refractivity contribution is 5.28. The Bertz CT molecular complexity index is 382. The second-order valence-corrected chi connectivity index (χ2v) is 4.22. The summed E-state index contributed by atoms with van der Waals surface area (Å²) in [5.41, 5.74) is 0.916. The van der Waals surface area contributed by atoms with Crippen molar-refractivity contribution in [3.63, 3.8) is 0 Å². The Balaban J connectivity index is 2.56. The Morgan fingerprint density at radius 2 is 1.88 bits per heavy atom. The molecule has 0 saturated carbocycles. The van der Waals surface area contributed by atoms with Crippen molar-refractivity contribution in [2.24, 2.45) is 0 Å². The lowest BCUT2D eigenvalue weighted by molar-refractivity contribution is 0.169. The highest BCUT2D eigenvalue weighted by atomic mass is 16.5. The fraction of sp³-hybridized carbons (Fsp3) is 0.467. The maximum Gasteiger partial charge on any atom is 0.119 e. The SMILES string of the molecule is CC#CCCC(O)c1ccc(OC(C)C)cc1. The zero-order valence-corrected chi connectivity index (χ0v) is 10.7. The van der Waals surface area contributed by atoms with Gasteiger partial charge in [0, 0.05) is 6.42 Å². The predicted molar refractivity (Wildman–Crippen MR) is 69.8 cm³/mol. The molecule has 0 bridgehead atoms. The maximum absolute atomic E-state index is 9.91. The highest BCUT2D eigenvalue weighted by Crippen LogP contribution is 2.21. The van der Waals surface area contributed by atoms with E-state index in [2.05, 4.69) is 11.8 Å². The normalized spacial score (nSPS) is 11.8. The Morgan fingerprint density at radius 3 is 2.41 bits per heavy atom. The summed E-state index contributed by atoms with van der Waals surface area (Å²) < 4.78 is 5.54. The summed E-state index contributed by atoms with van der Waals surface area (Å²) in [6, 6.07) is 7.59. The minimum Gasteiger partial charge on any atom is -0.491 e. The number of ether oxygens (including phenoxy) is 1. The fourth-order valence-electron chi connectivity index (χ4n) is 1.54. The smallest absolute Gasteiger partial charge is 0.119 e. The maximum atomic E-state index is 9.91. The van der Waals surface area contributed by atoms with E-state index in [1.165, 1.54) is 0 Å². The molecule has 0 radical (unpaired) electrons. The molecule has 17 heavy (non-hydrogen) atoms. The third-order valence-electron chi connectivity index (χ3n) is 2.36. The average Bonchev–Trinajstić information content (AvgIpc) is 2.29. The van der Waals surface area contributed by atoms with Gasteiger partial charge in [-0.2, -0.15) is 0 Å². The molecule has 0 spiro atoms. The van der Waals surface area contributed by atoms with Crippen LogP contribution in [0.4, 0.5) is 0 Å². The second-order valence-electron chi connectivity index (χ2n) is 4.22. The third-order valence-corrected chi connectivity index (χ3v) is 2.36. The molecular weight excluding hydrogens is 212 g/mol. The van der Waals surface area contributed by atoms with Crippen molar-refractivity contribution in [1.29, 1.82) is 0 Å². The van der Waals surface area contributed by atoms with Crippen LogP contribution in [0.1, 0.15) is 45.3 Å². The van der Waals surface area contributed by atoms with Crippen molar-refractivity contribution >= 4 is 0 Å². The van der Waals surface area contributed by atoms with Gasteiger partial charge in [0.05, 0.1) is 12.2 Å². The topological polar surface area (TPSA) is 29.5 Å². The van der Waals surface area contributed by atoms with E-state index in [1.54, 1.807) is 0 Å². The van der Waals surface area contributed by atoms with Crippen LogP contribution in [0.2, 0.25) is 0 Å². The quantitative estimate of drug-likeness (QED) is 0.789. The van der Waals surface area contributed by atoms with E-state index < -0.39 is 6.10 Å². The van der Waals surface area contributed by atoms with Crippen molar-refractivity contribution in [3.05, 3.63) is 29.8 Å². The second kappa shape index (κ2) is 6.98. The largest absolute Gasteiger partial charge is 0.491 e. The zero-order chi connectivity index (χ0) is 12.7. The van der Waals surface area contributed by atoms with Crippen molar-refractivity contribution in [1.82, 2.24) is 0 Å². The average molecular weight is 232 g/mol. The first-order valence-electron chi connectivity index (χ1n) is 5.97. The standard InChI is InChI=1S/C15H20O2/c1-4-5-6-7-15(16)13-8-10-14(11-9-13)17-12(2)3/h8-12,15-16H,6-7H2,1-3H3. The van der Waals surface area contributed by atoms with Gasteiger partial charge < -0.3 is 9.84 Å². The van der Waals surface area contributed by atoms with Gasteiger partial charge in [-0.05, 0) is 44.9 Å². The van der Waals surface area contributed by atoms with E-state index >= 15 is 0 Å².